The van der Waals surface area contributed by atoms with Crippen molar-refractivity contribution in [2.75, 3.05) is 26.7 Å². The van der Waals surface area contributed by atoms with E-state index in [9.17, 15) is 0 Å². The van der Waals surface area contributed by atoms with Crippen molar-refractivity contribution in [3.05, 3.63) is 0 Å². The van der Waals surface area contributed by atoms with Crippen LogP contribution in [0.4, 0.5) is 0 Å². The number of hydrogen-bond donors (Lipinski definition) is 2. The second-order valence-corrected chi connectivity index (χ2v) is 7.26. The molecule has 0 radical (unpaired) electrons. The topological polar surface area (TPSA) is 60.3 Å². The van der Waals surface area contributed by atoms with Crippen molar-refractivity contribution in [1.29, 1.82) is 5.26 Å². The quantitative estimate of drug-likeness (QED) is 0.738. The average molecular weight is 343 g/mol. The van der Waals surface area contributed by atoms with Crippen LogP contribution in [0, 0.1) is 17.2 Å². The van der Waals surface area contributed by atoms with Crippen LogP contribution in [0.1, 0.15) is 19.3 Å². The summed E-state index contributed by atoms with van der Waals surface area (Å²) in [6, 6.07) is 2.89. The van der Waals surface area contributed by atoms with Gasteiger partial charge < -0.3 is 9.64 Å². The Morgan fingerprint density at radius 1 is 1.55 bits per heavy atom. The van der Waals surface area contributed by atoms with Gasteiger partial charge in [-0.15, -0.1) is 0 Å². The molecule has 112 valence electrons. The summed E-state index contributed by atoms with van der Waals surface area (Å²) in [7, 11) is 2.21. The summed E-state index contributed by atoms with van der Waals surface area (Å²) >= 11 is 3.82. The summed E-state index contributed by atoms with van der Waals surface area (Å²) < 4.78 is 5.74. The molecule has 3 heterocycles. The maximum absolute atomic E-state index is 9.01. The van der Waals surface area contributed by atoms with E-state index in [0.29, 0.717) is 16.8 Å². The van der Waals surface area contributed by atoms with Gasteiger partial charge in [-0.25, -0.2) is 0 Å². The zero-order valence-corrected chi connectivity index (χ0v) is 13.5. The lowest BCUT2D eigenvalue weighted by atomic mass is 9.91. The molecule has 3 saturated heterocycles. The van der Waals surface area contributed by atoms with Crippen LogP contribution in [-0.4, -0.2) is 60.8 Å². The molecule has 5 nitrogen and oxygen atoms in total. The molecular formula is C14H23BrN4O. The van der Waals surface area contributed by atoms with Crippen LogP contribution in [0.25, 0.3) is 0 Å². The molecule has 3 aliphatic heterocycles. The van der Waals surface area contributed by atoms with E-state index < -0.39 is 0 Å². The number of halogens is 1. The third-order valence-corrected chi connectivity index (χ3v) is 6.17. The van der Waals surface area contributed by atoms with E-state index in [1.165, 1.54) is 19.4 Å². The van der Waals surface area contributed by atoms with Crippen molar-refractivity contribution in [2.24, 2.45) is 5.92 Å². The fourth-order valence-corrected chi connectivity index (χ4v) is 4.60. The van der Waals surface area contributed by atoms with E-state index in [1.807, 2.05) is 0 Å². The molecule has 0 aromatic rings. The third-order valence-electron chi connectivity index (χ3n) is 4.96. The molecule has 0 aliphatic carbocycles. The lowest BCUT2D eigenvalue weighted by Crippen LogP contribution is -2.60. The van der Waals surface area contributed by atoms with Crippen LogP contribution in [0.5, 0.6) is 0 Å². The predicted molar refractivity (Wildman–Crippen MR) is 80.5 cm³/mol. The van der Waals surface area contributed by atoms with Gasteiger partial charge in [0.2, 0.25) is 0 Å². The van der Waals surface area contributed by atoms with E-state index >= 15 is 0 Å². The highest BCUT2D eigenvalue weighted by Gasteiger charge is 2.45. The first kappa shape index (κ1) is 14.7. The normalized spacial score (nSPS) is 45.2. The van der Waals surface area contributed by atoms with Crippen molar-refractivity contribution in [1.82, 2.24) is 15.5 Å². The largest absolute Gasteiger partial charge is 0.358 e. The standard InChI is InChI=1S/C14H23BrN4O/c1-19-4-2-3-9(19)7-17-14-13(15)11-5-10(6-16)20-12(11)8-18-14/h9-14,17-18H,2-5,7-8H2,1H3. The maximum atomic E-state index is 9.01. The number of likely N-dealkylation sites (tertiary alicyclic amines) is 1. The number of fused-ring (bicyclic) bond motifs is 1. The number of likely N-dealkylation sites (N-methyl/N-ethyl adjacent to an activating group) is 1. The van der Waals surface area contributed by atoms with Crippen molar-refractivity contribution < 1.29 is 4.74 Å². The first-order chi connectivity index (χ1) is 9.69. The van der Waals surface area contributed by atoms with E-state index in [-0.39, 0.29) is 18.4 Å². The van der Waals surface area contributed by atoms with Crippen molar-refractivity contribution in [3.8, 4) is 6.07 Å². The molecule has 0 aromatic carbocycles. The van der Waals surface area contributed by atoms with Crippen molar-refractivity contribution in [3.63, 3.8) is 0 Å². The lowest BCUT2D eigenvalue weighted by molar-refractivity contribution is 0.0414. The van der Waals surface area contributed by atoms with Gasteiger partial charge in [-0.2, -0.15) is 5.26 Å². The van der Waals surface area contributed by atoms with Gasteiger partial charge in [-0.3, -0.25) is 10.6 Å². The lowest BCUT2D eigenvalue weighted by Gasteiger charge is -2.38. The van der Waals surface area contributed by atoms with E-state index in [1.54, 1.807) is 0 Å². The van der Waals surface area contributed by atoms with Crippen LogP contribution in [0.15, 0.2) is 0 Å². The summed E-state index contributed by atoms with van der Waals surface area (Å²) in [5.41, 5.74) is 0. The molecule has 0 amide bonds. The van der Waals surface area contributed by atoms with Gasteiger partial charge in [0.25, 0.3) is 0 Å². The fraction of sp³-hybridized carbons (Fsp3) is 0.929. The summed E-state index contributed by atoms with van der Waals surface area (Å²) in [4.78, 5) is 2.76. The second-order valence-electron chi connectivity index (χ2n) is 6.21. The van der Waals surface area contributed by atoms with Crippen LogP contribution in [0.2, 0.25) is 0 Å². The molecule has 0 saturated carbocycles. The average Bonchev–Trinajstić information content (AvgIpc) is 3.04. The molecule has 0 bridgehead atoms. The highest BCUT2D eigenvalue weighted by atomic mass is 79.9. The highest BCUT2D eigenvalue weighted by Crippen LogP contribution is 2.35. The zero-order valence-electron chi connectivity index (χ0n) is 11.9. The molecule has 3 fully saturated rings. The number of piperidine rings is 1. The Balaban J connectivity index is 1.52. The number of nitrogens with zero attached hydrogens (tertiary/aromatic N) is 2. The molecule has 2 N–H and O–H groups in total. The Morgan fingerprint density at radius 3 is 3.10 bits per heavy atom. The van der Waals surface area contributed by atoms with Crippen LogP contribution in [-0.2, 0) is 4.74 Å². The Morgan fingerprint density at radius 2 is 2.40 bits per heavy atom. The smallest absolute Gasteiger partial charge is 0.144 e. The fourth-order valence-electron chi connectivity index (χ4n) is 3.67. The minimum atomic E-state index is -0.230. The first-order valence-corrected chi connectivity index (χ1v) is 8.46. The first-order valence-electron chi connectivity index (χ1n) is 7.55. The van der Waals surface area contributed by atoms with E-state index in [0.717, 1.165) is 19.5 Å². The highest BCUT2D eigenvalue weighted by molar-refractivity contribution is 9.09. The number of ether oxygens (including phenoxy) is 1. The monoisotopic (exact) mass is 342 g/mol. The van der Waals surface area contributed by atoms with Crippen molar-refractivity contribution >= 4 is 15.9 Å². The van der Waals surface area contributed by atoms with Crippen LogP contribution >= 0.6 is 15.9 Å². The summed E-state index contributed by atoms with van der Waals surface area (Å²) in [5.74, 6) is 0.430. The van der Waals surface area contributed by atoms with E-state index in [4.69, 9.17) is 10.00 Å². The second kappa shape index (κ2) is 6.29. The minimum absolute atomic E-state index is 0.177. The molecule has 6 heteroatoms. The molecule has 3 aliphatic rings. The Bertz CT molecular complexity index is 388. The Hall–Kier alpha value is -0.190. The van der Waals surface area contributed by atoms with Crippen LogP contribution in [0.3, 0.4) is 0 Å². The number of rotatable bonds is 3. The molecule has 6 unspecified atom stereocenters. The Kier molecular flexibility index (Phi) is 4.63. The van der Waals surface area contributed by atoms with Gasteiger partial charge in [0.05, 0.1) is 18.3 Å². The van der Waals surface area contributed by atoms with Gasteiger partial charge in [-0.1, -0.05) is 15.9 Å². The number of alkyl halides is 1. The summed E-state index contributed by atoms with van der Waals surface area (Å²) in [6.07, 6.45) is 3.66. The molecule has 0 spiro atoms. The van der Waals surface area contributed by atoms with Gasteiger partial charge in [0.15, 0.2) is 0 Å². The minimum Gasteiger partial charge on any atom is -0.358 e. The third kappa shape index (κ3) is 2.88. The summed E-state index contributed by atoms with van der Waals surface area (Å²) in [5, 5.41) is 16.2. The SMILES string of the molecule is CN1CCCC1CNC1NCC2OC(C#N)CC2C1Br. The molecule has 20 heavy (non-hydrogen) atoms. The summed E-state index contributed by atoms with van der Waals surface area (Å²) in [6.45, 7) is 3.07. The molecule has 0 aromatic heterocycles. The Labute approximate surface area is 129 Å². The van der Waals surface area contributed by atoms with Crippen molar-refractivity contribution in [2.45, 2.75) is 48.5 Å². The molecular weight excluding hydrogens is 320 g/mol. The van der Waals surface area contributed by atoms with Gasteiger partial charge in [0, 0.05) is 29.9 Å². The molecule has 6 atom stereocenters. The number of hydrogen-bond acceptors (Lipinski definition) is 5. The van der Waals surface area contributed by atoms with E-state index in [2.05, 4.69) is 44.6 Å². The zero-order chi connectivity index (χ0) is 14.1. The molecule has 3 rings (SSSR count). The van der Waals surface area contributed by atoms with Crippen LogP contribution < -0.4 is 10.6 Å². The van der Waals surface area contributed by atoms with Gasteiger partial charge in [0.1, 0.15) is 6.10 Å². The number of nitrogens with one attached hydrogen (secondary N) is 2. The van der Waals surface area contributed by atoms with Gasteiger partial charge in [-0.05, 0) is 32.9 Å². The van der Waals surface area contributed by atoms with Gasteiger partial charge >= 0.3 is 0 Å². The maximum Gasteiger partial charge on any atom is 0.144 e. The predicted octanol–water partition coefficient (Wildman–Crippen LogP) is 0.660. The number of nitriles is 1.